The minimum absolute atomic E-state index is 0.210. The van der Waals surface area contributed by atoms with Crippen molar-refractivity contribution in [1.29, 1.82) is 0 Å². The molecule has 3 heteroatoms. The molecule has 0 radical (unpaired) electrons. The van der Waals surface area contributed by atoms with Gasteiger partial charge in [-0.3, -0.25) is 0 Å². The predicted octanol–water partition coefficient (Wildman–Crippen LogP) is 4.47. The van der Waals surface area contributed by atoms with Crippen molar-refractivity contribution in [3.8, 4) is 0 Å². The molecule has 1 rings (SSSR count). The van der Waals surface area contributed by atoms with Crippen molar-refractivity contribution in [1.82, 2.24) is 0 Å². The summed E-state index contributed by atoms with van der Waals surface area (Å²) in [5, 5.41) is 0. The molecule has 1 fully saturated rings. The van der Waals surface area contributed by atoms with Crippen molar-refractivity contribution < 1.29 is 9.47 Å². The van der Waals surface area contributed by atoms with Gasteiger partial charge in [0.05, 0.1) is 0 Å². The van der Waals surface area contributed by atoms with Crippen LogP contribution in [0.15, 0.2) is 0 Å². The van der Waals surface area contributed by atoms with E-state index in [9.17, 15) is 0 Å². The first kappa shape index (κ1) is 16.4. The summed E-state index contributed by atoms with van der Waals surface area (Å²) in [6.45, 7) is 8.55. The Bertz CT molecular complexity index is 181. The number of rotatable bonds is 10. The second kappa shape index (κ2) is 9.28. The van der Waals surface area contributed by atoms with Crippen molar-refractivity contribution in [2.45, 2.75) is 65.3 Å². The molecule has 0 spiro atoms. The van der Waals surface area contributed by atoms with Gasteiger partial charge in [-0.25, -0.2) is 0 Å². The summed E-state index contributed by atoms with van der Waals surface area (Å²) in [6.07, 6.45) is 12.2. The topological polar surface area (TPSA) is 18.5 Å². The van der Waals surface area contributed by atoms with Crippen LogP contribution in [0.3, 0.4) is 0 Å². The number of ether oxygens (including phenoxy) is 2. The van der Waals surface area contributed by atoms with E-state index in [-0.39, 0.29) is 6.03 Å². The van der Waals surface area contributed by atoms with Crippen LogP contribution in [0.2, 0.25) is 0 Å². The van der Waals surface area contributed by atoms with E-state index in [2.05, 4.69) is 20.8 Å². The van der Waals surface area contributed by atoms with Crippen molar-refractivity contribution in [3.05, 3.63) is 0 Å². The molecule has 1 aliphatic rings. The van der Waals surface area contributed by atoms with Crippen LogP contribution in [0.5, 0.6) is 0 Å². The van der Waals surface area contributed by atoms with Gasteiger partial charge in [-0.2, -0.15) is 0 Å². The standard InChI is InChI=1S/C15H33O2P/c1-4-7-12-18(13-8-5-2,14-9-6-3)15-16-10-11-17-15/h15,18H,4-14H2,1-3H3. The summed E-state index contributed by atoms with van der Waals surface area (Å²) in [5.41, 5.74) is 0. The molecule has 0 saturated carbocycles. The third kappa shape index (κ3) is 4.79. The molecule has 1 heterocycles. The van der Waals surface area contributed by atoms with E-state index in [4.69, 9.17) is 9.47 Å². The van der Waals surface area contributed by atoms with Gasteiger partial charge < -0.3 is 0 Å². The molecule has 0 bridgehead atoms. The van der Waals surface area contributed by atoms with Gasteiger partial charge in [-0.15, -0.1) is 0 Å². The molecule has 0 atom stereocenters. The molecule has 0 aromatic carbocycles. The summed E-state index contributed by atoms with van der Waals surface area (Å²) in [6, 6.07) is 0.210. The summed E-state index contributed by atoms with van der Waals surface area (Å²) >= 11 is 0. The maximum atomic E-state index is 5.95. The monoisotopic (exact) mass is 276 g/mol. The van der Waals surface area contributed by atoms with Crippen molar-refractivity contribution >= 4 is 7.26 Å². The normalized spacial score (nSPS) is 18.4. The Kier molecular flexibility index (Phi) is 8.46. The Labute approximate surface area is 114 Å². The van der Waals surface area contributed by atoms with Gasteiger partial charge in [-0.05, 0) is 0 Å². The van der Waals surface area contributed by atoms with Crippen LogP contribution in [0, 0.1) is 0 Å². The molecule has 18 heavy (non-hydrogen) atoms. The van der Waals surface area contributed by atoms with Crippen LogP contribution in [0.25, 0.3) is 0 Å². The van der Waals surface area contributed by atoms with Gasteiger partial charge in [0.25, 0.3) is 0 Å². The second-order valence-corrected chi connectivity index (χ2v) is 10.4. The molecule has 0 aliphatic carbocycles. The molecule has 1 saturated heterocycles. The first-order valence-electron chi connectivity index (χ1n) is 8.02. The zero-order valence-electron chi connectivity index (χ0n) is 12.7. The third-order valence-corrected chi connectivity index (χ3v) is 9.59. The number of unbranched alkanes of at least 4 members (excludes halogenated alkanes) is 3. The van der Waals surface area contributed by atoms with Crippen LogP contribution in [0.1, 0.15) is 59.3 Å². The quantitative estimate of drug-likeness (QED) is 0.548. The van der Waals surface area contributed by atoms with Gasteiger partial charge >= 0.3 is 114 Å². The van der Waals surface area contributed by atoms with Crippen LogP contribution in [-0.4, -0.2) is 37.7 Å². The summed E-state index contributed by atoms with van der Waals surface area (Å²) in [4.78, 5) is 0. The van der Waals surface area contributed by atoms with Crippen molar-refractivity contribution in [3.63, 3.8) is 0 Å². The molecule has 2 nitrogen and oxygen atoms in total. The molecule has 1 aliphatic heterocycles. The van der Waals surface area contributed by atoms with E-state index in [1.165, 1.54) is 57.0 Å². The first-order valence-corrected chi connectivity index (χ1v) is 10.7. The average Bonchev–Trinajstić information content (AvgIpc) is 2.93. The second-order valence-electron chi connectivity index (χ2n) is 5.75. The van der Waals surface area contributed by atoms with E-state index in [1.54, 1.807) is 0 Å². The Morgan fingerprint density at radius 3 is 1.50 bits per heavy atom. The molecular formula is C15H33O2P. The van der Waals surface area contributed by atoms with Crippen molar-refractivity contribution in [2.24, 2.45) is 0 Å². The third-order valence-electron chi connectivity index (χ3n) is 4.21. The van der Waals surface area contributed by atoms with Gasteiger partial charge in [0, 0.05) is 0 Å². The predicted molar refractivity (Wildman–Crippen MR) is 83.3 cm³/mol. The zero-order valence-corrected chi connectivity index (χ0v) is 13.7. The van der Waals surface area contributed by atoms with Gasteiger partial charge in [0.15, 0.2) is 0 Å². The molecule has 0 aromatic heterocycles. The van der Waals surface area contributed by atoms with E-state index < -0.39 is 7.26 Å². The van der Waals surface area contributed by atoms with Crippen LogP contribution < -0.4 is 0 Å². The molecule has 0 aromatic rings. The van der Waals surface area contributed by atoms with E-state index >= 15 is 0 Å². The fourth-order valence-corrected chi connectivity index (χ4v) is 8.60. The van der Waals surface area contributed by atoms with E-state index in [0.717, 1.165) is 13.2 Å². The average molecular weight is 276 g/mol. The number of hydrogen-bond acceptors (Lipinski definition) is 2. The summed E-state index contributed by atoms with van der Waals surface area (Å²) in [7, 11) is -1.37. The van der Waals surface area contributed by atoms with Crippen molar-refractivity contribution in [2.75, 3.05) is 31.7 Å². The molecular weight excluding hydrogens is 243 g/mol. The number of hydrogen-bond donors (Lipinski definition) is 0. The first-order chi connectivity index (χ1) is 8.79. The van der Waals surface area contributed by atoms with Gasteiger partial charge in [0.1, 0.15) is 0 Å². The Morgan fingerprint density at radius 1 is 0.778 bits per heavy atom. The van der Waals surface area contributed by atoms with Gasteiger partial charge in [0.2, 0.25) is 0 Å². The van der Waals surface area contributed by atoms with Crippen LogP contribution in [0.4, 0.5) is 0 Å². The fourth-order valence-electron chi connectivity index (χ4n) is 3.03. The Balaban J connectivity index is 2.68. The van der Waals surface area contributed by atoms with E-state index in [0.29, 0.717) is 0 Å². The summed E-state index contributed by atoms with van der Waals surface area (Å²) in [5.74, 6) is 0. The molecule has 0 amide bonds. The Morgan fingerprint density at radius 2 is 1.17 bits per heavy atom. The minimum atomic E-state index is -1.37. The summed E-state index contributed by atoms with van der Waals surface area (Å²) < 4.78 is 11.9. The zero-order chi connectivity index (χ0) is 13.3. The Hall–Kier alpha value is 0.350. The maximum absolute atomic E-state index is 5.95. The van der Waals surface area contributed by atoms with Gasteiger partial charge in [-0.1, -0.05) is 0 Å². The molecule has 0 unspecified atom stereocenters. The van der Waals surface area contributed by atoms with Crippen LogP contribution in [-0.2, 0) is 9.47 Å². The van der Waals surface area contributed by atoms with E-state index in [1.807, 2.05) is 0 Å². The fraction of sp³-hybridized carbons (Fsp3) is 1.00. The molecule has 110 valence electrons. The SMILES string of the molecule is CCCC[PH](CCCC)(CCCC)C1OCCO1. The molecule has 0 N–H and O–H groups in total. The van der Waals surface area contributed by atoms with Crippen LogP contribution >= 0.6 is 7.26 Å².